The normalized spacial score (nSPS) is 10.5. The summed E-state index contributed by atoms with van der Waals surface area (Å²) in [6.45, 7) is 3.27. The van der Waals surface area contributed by atoms with Crippen LogP contribution in [0.2, 0.25) is 0 Å². The minimum atomic E-state index is 0.622. The molecule has 4 heteroatoms. The third-order valence-electron chi connectivity index (χ3n) is 2.52. The lowest BCUT2D eigenvalue weighted by Crippen LogP contribution is -2.07. The Balaban J connectivity index is 2.31. The van der Waals surface area contributed by atoms with Gasteiger partial charge in [-0.15, -0.1) is 0 Å². The largest absolute Gasteiger partial charge is 0.494 e. The van der Waals surface area contributed by atoms with Crippen molar-refractivity contribution in [2.75, 3.05) is 13.2 Å². The van der Waals surface area contributed by atoms with Crippen molar-refractivity contribution >= 4 is 0 Å². The van der Waals surface area contributed by atoms with E-state index in [4.69, 9.17) is 10.5 Å². The molecule has 0 aliphatic carbocycles. The minimum absolute atomic E-state index is 0.622. The van der Waals surface area contributed by atoms with Crippen LogP contribution < -0.4 is 10.5 Å². The second-order valence-electron chi connectivity index (χ2n) is 3.72. The summed E-state index contributed by atoms with van der Waals surface area (Å²) in [6, 6.07) is 7.97. The van der Waals surface area contributed by atoms with Gasteiger partial charge in [-0.3, -0.25) is 0 Å². The number of nitrogens with two attached hydrogens (primary N) is 1. The predicted octanol–water partition coefficient (Wildman–Crippen LogP) is 1.77. The Bertz CT molecular complexity index is 479. The van der Waals surface area contributed by atoms with Gasteiger partial charge in [0.05, 0.1) is 18.6 Å². The third kappa shape index (κ3) is 2.65. The molecule has 4 nitrogen and oxygen atoms in total. The fourth-order valence-corrected chi connectivity index (χ4v) is 1.78. The van der Waals surface area contributed by atoms with E-state index in [-0.39, 0.29) is 0 Å². The molecule has 2 aromatic rings. The highest BCUT2D eigenvalue weighted by molar-refractivity contribution is 5.40. The molecule has 1 aromatic heterocycles. The Morgan fingerprint density at radius 1 is 1.41 bits per heavy atom. The molecule has 17 heavy (non-hydrogen) atoms. The molecule has 0 aliphatic rings. The highest BCUT2D eigenvalue weighted by atomic mass is 16.5. The van der Waals surface area contributed by atoms with Crippen molar-refractivity contribution in [1.29, 1.82) is 0 Å². The summed E-state index contributed by atoms with van der Waals surface area (Å²) < 4.78 is 7.52. The van der Waals surface area contributed by atoms with Crippen molar-refractivity contribution in [2.24, 2.45) is 5.73 Å². The number of aromatic nitrogens is 2. The van der Waals surface area contributed by atoms with Gasteiger partial charge in [0.2, 0.25) is 0 Å². The molecule has 1 aromatic carbocycles. The van der Waals surface area contributed by atoms with Crippen LogP contribution in [0.25, 0.3) is 5.69 Å². The fraction of sp³-hybridized carbons (Fsp3) is 0.308. The highest BCUT2D eigenvalue weighted by Gasteiger charge is 2.04. The first-order valence-electron chi connectivity index (χ1n) is 5.79. The summed E-state index contributed by atoms with van der Waals surface area (Å²) in [4.78, 5) is 4.16. The quantitative estimate of drug-likeness (QED) is 0.853. The number of rotatable bonds is 5. The van der Waals surface area contributed by atoms with Crippen LogP contribution in [-0.4, -0.2) is 22.7 Å². The Kier molecular flexibility index (Phi) is 3.77. The van der Waals surface area contributed by atoms with E-state index in [0.717, 1.165) is 23.6 Å². The average molecular weight is 231 g/mol. The van der Waals surface area contributed by atoms with Crippen LogP contribution in [0.4, 0.5) is 0 Å². The maximum Gasteiger partial charge on any atom is 0.121 e. The van der Waals surface area contributed by atoms with E-state index in [9.17, 15) is 0 Å². The van der Waals surface area contributed by atoms with Gasteiger partial charge in [0.25, 0.3) is 0 Å². The van der Waals surface area contributed by atoms with E-state index in [1.807, 2.05) is 42.0 Å². The van der Waals surface area contributed by atoms with Crippen LogP contribution in [0.1, 0.15) is 12.6 Å². The number of hydrogen-bond acceptors (Lipinski definition) is 3. The number of nitrogens with zero attached hydrogens (tertiary/aromatic N) is 2. The van der Waals surface area contributed by atoms with Gasteiger partial charge >= 0.3 is 0 Å². The van der Waals surface area contributed by atoms with Crippen molar-refractivity contribution in [1.82, 2.24) is 9.55 Å². The summed E-state index contributed by atoms with van der Waals surface area (Å²) in [6.07, 6.45) is 4.47. The number of benzene rings is 1. The van der Waals surface area contributed by atoms with Crippen LogP contribution >= 0.6 is 0 Å². The van der Waals surface area contributed by atoms with Crippen molar-refractivity contribution in [3.63, 3.8) is 0 Å². The molecule has 0 unspecified atom stereocenters. The van der Waals surface area contributed by atoms with Crippen LogP contribution in [0, 0.1) is 0 Å². The lowest BCUT2D eigenvalue weighted by atomic mass is 10.2. The van der Waals surface area contributed by atoms with Crippen LogP contribution in [0.15, 0.2) is 36.8 Å². The fourth-order valence-electron chi connectivity index (χ4n) is 1.78. The smallest absolute Gasteiger partial charge is 0.121 e. The molecule has 0 fully saturated rings. The van der Waals surface area contributed by atoms with Crippen LogP contribution in [0.3, 0.4) is 0 Å². The van der Waals surface area contributed by atoms with Gasteiger partial charge in [-0.2, -0.15) is 0 Å². The van der Waals surface area contributed by atoms with Gasteiger partial charge in [0.1, 0.15) is 5.75 Å². The first-order chi connectivity index (χ1) is 8.35. The predicted molar refractivity (Wildman–Crippen MR) is 67.5 cm³/mol. The molecule has 2 N–H and O–H groups in total. The van der Waals surface area contributed by atoms with E-state index in [2.05, 4.69) is 4.98 Å². The van der Waals surface area contributed by atoms with E-state index in [0.29, 0.717) is 13.2 Å². The highest BCUT2D eigenvalue weighted by Crippen LogP contribution is 2.18. The zero-order valence-electron chi connectivity index (χ0n) is 9.97. The lowest BCUT2D eigenvalue weighted by Gasteiger charge is -2.09. The Morgan fingerprint density at radius 2 is 2.29 bits per heavy atom. The molecule has 1 heterocycles. The first-order valence-corrected chi connectivity index (χ1v) is 5.79. The van der Waals surface area contributed by atoms with E-state index in [1.165, 1.54) is 0 Å². The SMILES string of the molecule is CCOc1cccc(-n2cncc2CCN)c1. The van der Waals surface area contributed by atoms with E-state index < -0.39 is 0 Å². The van der Waals surface area contributed by atoms with E-state index >= 15 is 0 Å². The molecule has 0 bridgehead atoms. The molecule has 2 rings (SSSR count). The van der Waals surface area contributed by atoms with E-state index in [1.54, 1.807) is 6.33 Å². The summed E-state index contributed by atoms with van der Waals surface area (Å²) in [5, 5.41) is 0. The molecule has 0 saturated carbocycles. The number of imidazole rings is 1. The lowest BCUT2D eigenvalue weighted by molar-refractivity contribution is 0.340. The Labute approximate surface area is 101 Å². The van der Waals surface area contributed by atoms with Crippen molar-refractivity contribution in [2.45, 2.75) is 13.3 Å². The zero-order valence-corrected chi connectivity index (χ0v) is 9.97. The molecule has 0 amide bonds. The summed E-state index contributed by atoms with van der Waals surface area (Å²) in [7, 11) is 0. The minimum Gasteiger partial charge on any atom is -0.494 e. The molecule has 0 radical (unpaired) electrons. The van der Waals surface area contributed by atoms with Gasteiger partial charge in [0, 0.05) is 24.4 Å². The molecule has 0 aliphatic heterocycles. The zero-order chi connectivity index (χ0) is 12.1. The maximum absolute atomic E-state index is 5.58. The van der Waals surface area contributed by atoms with Gasteiger partial charge in [0.15, 0.2) is 0 Å². The second kappa shape index (κ2) is 5.50. The van der Waals surface area contributed by atoms with Gasteiger partial charge in [-0.1, -0.05) is 6.07 Å². The standard InChI is InChI=1S/C13H17N3O/c1-2-17-13-5-3-4-11(8-13)16-10-15-9-12(16)6-7-14/h3-5,8-10H,2,6-7,14H2,1H3. The molecule has 0 atom stereocenters. The van der Waals surface area contributed by atoms with Crippen molar-refractivity contribution in [3.8, 4) is 11.4 Å². The Morgan fingerprint density at radius 3 is 3.06 bits per heavy atom. The monoisotopic (exact) mass is 231 g/mol. The molecule has 90 valence electrons. The summed E-state index contributed by atoms with van der Waals surface area (Å²) in [5.74, 6) is 0.873. The second-order valence-corrected chi connectivity index (χ2v) is 3.72. The maximum atomic E-state index is 5.58. The first kappa shape index (κ1) is 11.7. The topological polar surface area (TPSA) is 53.1 Å². The van der Waals surface area contributed by atoms with Crippen LogP contribution in [-0.2, 0) is 6.42 Å². The summed E-state index contributed by atoms with van der Waals surface area (Å²) >= 11 is 0. The average Bonchev–Trinajstić information content (AvgIpc) is 2.79. The van der Waals surface area contributed by atoms with Gasteiger partial charge in [-0.25, -0.2) is 4.98 Å². The number of ether oxygens (including phenoxy) is 1. The molecule has 0 spiro atoms. The molecular formula is C13H17N3O. The van der Waals surface area contributed by atoms with Crippen molar-refractivity contribution in [3.05, 3.63) is 42.5 Å². The Hall–Kier alpha value is -1.81. The van der Waals surface area contributed by atoms with Gasteiger partial charge in [-0.05, 0) is 25.6 Å². The van der Waals surface area contributed by atoms with Crippen molar-refractivity contribution < 1.29 is 4.74 Å². The summed E-state index contributed by atoms with van der Waals surface area (Å²) in [5.41, 5.74) is 7.74. The number of hydrogen-bond donors (Lipinski definition) is 1. The molecular weight excluding hydrogens is 214 g/mol. The van der Waals surface area contributed by atoms with Crippen LogP contribution in [0.5, 0.6) is 5.75 Å². The van der Waals surface area contributed by atoms with Gasteiger partial charge < -0.3 is 15.0 Å². The third-order valence-corrected chi connectivity index (χ3v) is 2.52. The molecule has 0 saturated heterocycles.